The maximum Gasteiger partial charge on any atom is 0.416 e. The van der Waals surface area contributed by atoms with E-state index in [2.05, 4.69) is 21.3 Å². The first-order valence-electron chi connectivity index (χ1n) is 31.6. The molecule has 0 radical (unpaired) electrons. The smallest absolute Gasteiger partial charge is 0.354 e. The summed E-state index contributed by atoms with van der Waals surface area (Å²) in [5.41, 5.74) is 0.741. The summed E-state index contributed by atoms with van der Waals surface area (Å²) in [4.78, 5) is 166. The van der Waals surface area contributed by atoms with Crippen LogP contribution in [0.5, 0.6) is 0 Å². The Morgan fingerprint density at radius 1 is 0.663 bits per heavy atom. The Labute approximate surface area is 545 Å². The summed E-state index contributed by atoms with van der Waals surface area (Å²) in [6, 6.07) is 1.96. The molecular weight excluding hydrogens is 1220 g/mol. The van der Waals surface area contributed by atoms with E-state index in [1.807, 2.05) is 20.8 Å². The summed E-state index contributed by atoms with van der Waals surface area (Å²) in [5.74, 6) is -7.59. The van der Waals surface area contributed by atoms with Gasteiger partial charge in [0.25, 0.3) is 0 Å². The number of amides is 11. The van der Waals surface area contributed by atoms with Crippen molar-refractivity contribution in [2.24, 2.45) is 17.8 Å². The summed E-state index contributed by atoms with van der Waals surface area (Å²) in [7, 11) is 8.47. The molecule has 2 saturated heterocycles. The number of halogens is 4. The quantitative estimate of drug-likeness (QED) is 0.212. The molecule has 2 aliphatic rings. The van der Waals surface area contributed by atoms with Crippen LogP contribution in [0.25, 0.3) is 0 Å². The second-order valence-electron chi connectivity index (χ2n) is 25.6. The van der Waals surface area contributed by atoms with Gasteiger partial charge in [0.2, 0.25) is 65.0 Å². The predicted octanol–water partition coefficient (Wildman–Crippen LogP) is 5.24. The van der Waals surface area contributed by atoms with Crippen LogP contribution in [0.15, 0.2) is 60.2 Å². The third kappa shape index (κ3) is 21.8. The van der Waals surface area contributed by atoms with E-state index in [9.17, 15) is 65.9 Å². The number of allylic oxidation sites excluding steroid dienone is 1. The molecule has 0 saturated carbocycles. The van der Waals surface area contributed by atoms with E-state index in [0.29, 0.717) is 34.6 Å². The topological polar surface area (TPSA) is 259 Å². The first-order chi connectivity index (χ1) is 43.0. The third-order valence-electron chi connectivity index (χ3n) is 17.1. The van der Waals surface area contributed by atoms with Gasteiger partial charge in [-0.05, 0) is 112 Å². The first kappa shape index (κ1) is 76.9. The summed E-state index contributed by atoms with van der Waals surface area (Å²) in [5, 5.41) is 11.7. The lowest BCUT2D eigenvalue weighted by molar-refractivity contribution is -0.157. The minimum Gasteiger partial charge on any atom is -0.354 e. The van der Waals surface area contributed by atoms with Crippen molar-refractivity contribution < 1.29 is 65.9 Å². The summed E-state index contributed by atoms with van der Waals surface area (Å²) < 4.78 is 40.7. The Balaban J connectivity index is 1.75. The highest BCUT2D eigenvalue weighted by Crippen LogP contribution is 2.30. The van der Waals surface area contributed by atoms with E-state index in [4.69, 9.17) is 11.6 Å². The number of hydrogen-bond donors (Lipinski definition) is 4. The van der Waals surface area contributed by atoms with Gasteiger partial charge in [-0.2, -0.15) is 13.2 Å². The molecule has 9 atom stereocenters. The minimum atomic E-state index is -4.61. The molecule has 2 fully saturated rings. The number of likely N-dealkylation sites (N-methyl/N-ethyl adjacent to an activating group) is 6. The molecule has 2 aromatic carbocycles. The second-order valence-corrected chi connectivity index (χ2v) is 26.1. The number of hydrogen-bond acceptors (Lipinski definition) is 11. The van der Waals surface area contributed by atoms with E-state index in [-0.39, 0.29) is 76.3 Å². The molecule has 22 nitrogen and oxygen atoms in total. The molecule has 11 amide bonds. The highest BCUT2D eigenvalue weighted by atomic mass is 35.5. The maximum atomic E-state index is 14.8. The van der Waals surface area contributed by atoms with Gasteiger partial charge in [0, 0.05) is 85.7 Å². The Morgan fingerprint density at radius 2 is 1.27 bits per heavy atom. The fourth-order valence-electron chi connectivity index (χ4n) is 11.2. The average molecular weight is 1310 g/mol. The molecule has 26 heteroatoms. The van der Waals surface area contributed by atoms with Crippen LogP contribution in [0.3, 0.4) is 0 Å². The molecule has 0 aliphatic carbocycles. The minimum absolute atomic E-state index is 0.00256. The second kappa shape index (κ2) is 34.9. The van der Waals surface area contributed by atoms with Gasteiger partial charge in [-0.1, -0.05) is 95.5 Å². The zero-order valence-corrected chi connectivity index (χ0v) is 56.8. The Bertz CT molecular complexity index is 2960. The van der Waals surface area contributed by atoms with Crippen LogP contribution in [0, 0.1) is 17.8 Å². The molecule has 4 rings (SSSR count). The van der Waals surface area contributed by atoms with Gasteiger partial charge in [-0.15, -0.1) is 0 Å². The van der Waals surface area contributed by atoms with Crippen molar-refractivity contribution in [1.82, 2.24) is 55.6 Å². The number of aryl methyl sites for hydroxylation is 1. The fourth-order valence-corrected chi connectivity index (χ4v) is 11.3. The zero-order valence-electron chi connectivity index (χ0n) is 56.1. The number of fused-ring (bicyclic) bond motifs is 1. The molecular formula is C66H97ClF3N11O11. The van der Waals surface area contributed by atoms with Crippen molar-refractivity contribution in [3.8, 4) is 0 Å². The number of carbonyl (C=O) groups is 11. The molecule has 0 spiro atoms. The molecule has 2 unspecified atom stereocenters. The lowest BCUT2D eigenvalue weighted by Gasteiger charge is -2.43. The van der Waals surface area contributed by atoms with Gasteiger partial charge < -0.3 is 55.6 Å². The number of carbonyl (C=O) groups excluding carboxylic acids is 11. The Kier molecular flexibility index (Phi) is 29.2. The SMILES string of the molecule is CC[C@H](C)C1NC(=O)[C@H](C(C)C)N(C)C(=O)C[C@@H](C)NC(=O)[C@H](CC(C)C)N(C)C(=O)CCCCNC(=O)[C@H](C=C(C)C)N(C)C(=O)C(CCc2ccc(C(F)(F)F)cc2)NC(=O)CN(C)C(=O)[C@H](Cc2ccc(Cl)cc2)N(C)C(=O)[C@@H]2CCN2C(=O)CN(C)C1=O. The predicted molar refractivity (Wildman–Crippen MR) is 343 cm³/mol. The summed E-state index contributed by atoms with van der Waals surface area (Å²) in [6.07, 6.45) is -2.02. The molecule has 2 aliphatic heterocycles. The van der Waals surface area contributed by atoms with E-state index >= 15 is 0 Å². The van der Waals surface area contributed by atoms with Crippen LogP contribution in [0.4, 0.5) is 13.2 Å². The molecule has 0 aromatic heterocycles. The van der Waals surface area contributed by atoms with Gasteiger partial charge in [0.05, 0.1) is 18.7 Å². The molecule has 92 heavy (non-hydrogen) atoms. The van der Waals surface area contributed by atoms with E-state index in [0.717, 1.165) is 26.8 Å². The lowest BCUT2D eigenvalue weighted by Crippen LogP contribution is -2.63. The summed E-state index contributed by atoms with van der Waals surface area (Å²) >= 11 is 6.22. The van der Waals surface area contributed by atoms with Gasteiger partial charge in [-0.25, -0.2) is 0 Å². The van der Waals surface area contributed by atoms with Crippen molar-refractivity contribution in [1.29, 1.82) is 0 Å². The van der Waals surface area contributed by atoms with Gasteiger partial charge in [-0.3, -0.25) is 52.7 Å². The van der Waals surface area contributed by atoms with Crippen molar-refractivity contribution in [3.05, 3.63) is 81.9 Å². The van der Waals surface area contributed by atoms with Crippen LogP contribution >= 0.6 is 11.6 Å². The fraction of sp³-hybridized carbons (Fsp3) is 0.621. The number of rotatable bonds is 11. The molecule has 2 aromatic rings. The molecule has 2 heterocycles. The van der Waals surface area contributed by atoms with Gasteiger partial charge >= 0.3 is 6.18 Å². The van der Waals surface area contributed by atoms with Gasteiger partial charge in [0.1, 0.15) is 42.3 Å². The summed E-state index contributed by atoms with van der Waals surface area (Å²) in [6.45, 7) is 15.0. The van der Waals surface area contributed by atoms with E-state index < -0.39 is 144 Å². The zero-order chi connectivity index (χ0) is 69.2. The highest BCUT2D eigenvalue weighted by molar-refractivity contribution is 6.30. The molecule has 4 N–H and O–H groups in total. The number of alkyl halides is 3. The van der Waals surface area contributed by atoms with Crippen molar-refractivity contribution >= 4 is 76.6 Å². The number of nitrogens with zero attached hydrogens (tertiary/aromatic N) is 7. The van der Waals surface area contributed by atoms with E-state index in [1.54, 1.807) is 71.9 Å². The van der Waals surface area contributed by atoms with Crippen LogP contribution in [0.2, 0.25) is 5.02 Å². The first-order valence-corrected chi connectivity index (χ1v) is 31.9. The average Bonchev–Trinajstić information content (AvgIpc) is 0.801. The van der Waals surface area contributed by atoms with Crippen molar-refractivity contribution in [2.45, 2.75) is 181 Å². The Morgan fingerprint density at radius 3 is 1.83 bits per heavy atom. The standard InChI is InChI=1S/C66H97ClF3N11O11/c1-16-42(8)57-65(92)76(11)38-56(85)81-32-30-49(81)64(91)79(14)52(36-45-22-27-47(67)28-23-45)63(90)75(10)37-53(82)73-48(29-24-44-20-25-46(26-21-44)66(68,69)70)62(89)78(13)50(33-39(2)3)59(86)71-31-18-17-19-54(83)77(12)51(34-40(4)5)60(87)72-43(9)35-55(84)80(15)58(41(6)7)61(88)74-57/h20-23,25-28,33,40-43,48-52,57-58H,16-19,24,29-32,34-38H2,1-15H3,(H,71,86)(H,72,87)(H,73,82)(H,74,88)/t42-,43+,48?,49-,50-,51-,52-,57?,58-/m0/s1. The van der Waals surface area contributed by atoms with Crippen molar-refractivity contribution in [3.63, 3.8) is 0 Å². The molecule has 0 bridgehead atoms. The molecule has 510 valence electrons. The maximum absolute atomic E-state index is 14.8. The van der Waals surface area contributed by atoms with Crippen LogP contribution in [0.1, 0.15) is 130 Å². The number of benzene rings is 2. The lowest BCUT2D eigenvalue weighted by atomic mass is 9.95. The third-order valence-corrected chi connectivity index (χ3v) is 17.3. The Hall–Kier alpha value is -7.57. The van der Waals surface area contributed by atoms with Crippen molar-refractivity contribution in [2.75, 3.05) is 68.5 Å². The monoisotopic (exact) mass is 1310 g/mol. The largest absolute Gasteiger partial charge is 0.416 e. The van der Waals surface area contributed by atoms with Crippen LogP contribution in [-0.4, -0.2) is 216 Å². The van der Waals surface area contributed by atoms with Crippen LogP contribution in [-0.2, 0) is 71.8 Å². The van der Waals surface area contributed by atoms with E-state index in [1.165, 1.54) is 74.0 Å². The van der Waals surface area contributed by atoms with Crippen LogP contribution < -0.4 is 21.3 Å². The highest BCUT2D eigenvalue weighted by Gasteiger charge is 2.44. The van der Waals surface area contributed by atoms with Gasteiger partial charge in [0.15, 0.2) is 0 Å². The number of nitrogens with one attached hydrogen (secondary N) is 4. The normalized spacial score (nSPS) is 24.4.